The van der Waals surface area contributed by atoms with Crippen LogP contribution in [0.3, 0.4) is 0 Å². The lowest BCUT2D eigenvalue weighted by Crippen LogP contribution is -2.60. The summed E-state index contributed by atoms with van der Waals surface area (Å²) in [6.07, 6.45) is 8.44. The van der Waals surface area contributed by atoms with Crippen molar-refractivity contribution >= 4 is 13.7 Å². The lowest BCUT2D eigenvalue weighted by Gasteiger charge is -2.41. The normalized spacial score (nSPS) is 35.7. The number of hydrogen-bond acceptors (Lipinski definition) is 2. The predicted octanol–water partition coefficient (Wildman–Crippen LogP) is 2.74. The van der Waals surface area contributed by atoms with E-state index >= 15 is 0 Å². The van der Waals surface area contributed by atoms with Crippen LogP contribution < -0.4 is 5.19 Å². The Kier molecular flexibility index (Phi) is 2.87. The number of rotatable bonds is 2. The summed E-state index contributed by atoms with van der Waals surface area (Å²) >= 11 is 0. The van der Waals surface area contributed by atoms with Crippen LogP contribution in [0.1, 0.15) is 19.3 Å². The number of benzene rings is 1. The molecule has 2 nitrogen and oxygen atoms in total. The van der Waals surface area contributed by atoms with E-state index in [-0.39, 0.29) is 0 Å². The maximum absolute atomic E-state index is 6.37. The summed E-state index contributed by atoms with van der Waals surface area (Å²) in [7, 11) is -2.23. The van der Waals surface area contributed by atoms with Crippen LogP contribution in [0.4, 0.5) is 0 Å². The molecule has 3 heteroatoms. The molecule has 0 aromatic heterocycles. The highest BCUT2D eigenvalue weighted by Gasteiger charge is 2.56. The Bertz CT molecular complexity index is 479. The predicted molar refractivity (Wildman–Crippen MR) is 77.5 cm³/mol. The van der Waals surface area contributed by atoms with Gasteiger partial charge >= 0.3 is 8.56 Å². The van der Waals surface area contributed by atoms with Gasteiger partial charge in [-0.05, 0) is 36.3 Å². The second-order valence-electron chi connectivity index (χ2n) is 5.97. The molecule has 0 radical (unpaired) electrons. The molecule has 0 amide bonds. The third-order valence-corrected chi connectivity index (χ3v) is 8.91. The van der Waals surface area contributed by atoms with E-state index in [1.54, 1.807) is 0 Å². The van der Waals surface area contributed by atoms with Crippen molar-refractivity contribution in [3.63, 3.8) is 0 Å². The molecule has 1 aliphatic heterocycles. The molecule has 1 aromatic carbocycles. The van der Waals surface area contributed by atoms with Gasteiger partial charge in [0.1, 0.15) is 0 Å². The van der Waals surface area contributed by atoms with Gasteiger partial charge in [0, 0.05) is 18.8 Å². The molecule has 2 aliphatic carbocycles. The standard InChI is InChI=1S/C16H20O2Si/c1-2-5-15(6-3-1)19(17-9-4-10-18-19)16-12-13-7-8-14(16)11-13/h1-3,5-8,13-14,16H,4,9-12H2. The average Bonchev–Trinajstić information content (AvgIpc) is 3.12. The van der Waals surface area contributed by atoms with Crippen molar-refractivity contribution < 1.29 is 8.85 Å². The first kappa shape index (κ1) is 11.9. The SMILES string of the molecule is C1=CC2CC1CC2[Si]1(c2ccccc2)OCCCO1. The summed E-state index contributed by atoms with van der Waals surface area (Å²) < 4.78 is 12.7. The summed E-state index contributed by atoms with van der Waals surface area (Å²) in [5.41, 5.74) is 0.616. The first-order valence-corrected chi connectivity index (χ1v) is 9.30. The minimum atomic E-state index is -2.23. The van der Waals surface area contributed by atoms with Crippen molar-refractivity contribution in [3.8, 4) is 0 Å². The topological polar surface area (TPSA) is 18.5 Å². The molecule has 3 unspecified atom stereocenters. The van der Waals surface area contributed by atoms with Gasteiger partial charge in [0.2, 0.25) is 0 Å². The molecule has 1 saturated carbocycles. The molecule has 100 valence electrons. The van der Waals surface area contributed by atoms with Crippen LogP contribution in [0, 0.1) is 11.8 Å². The molecule has 2 fully saturated rings. The van der Waals surface area contributed by atoms with Crippen molar-refractivity contribution in [3.05, 3.63) is 42.5 Å². The molecule has 0 spiro atoms. The first-order chi connectivity index (χ1) is 9.38. The molecule has 0 N–H and O–H groups in total. The van der Waals surface area contributed by atoms with Gasteiger partial charge in [0.05, 0.1) is 0 Å². The van der Waals surface area contributed by atoms with E-state index in [9.17, 15) is 0 Å². The van der Waals surface area contributed by atoms with Crippen LogP contribution in [-0.4, -0.2) is 21.8 Å². The van der Waals surface area contributed by atoms with Gasteiger partial charge < -0.3 is 8.85 Å². The molecule has 2 bridgehead atoms. The molecule has 19 heavy (non-hydrogen) atoms. The molecule has 1 saturated heterocycles. The zero-order valence-corrected chi connectivity index (χ0v) is 12.1. The molecule has 3 atom stereocenters. The van der Waals surface area contributed by atoms with E-state index in [2.05, 4.69) is 42.5 Å². The van der Waals surface area contributed by atoms with Crippen LogP contribution >= 0.6 is 0 Å². The molecular formula is C16H20O2Si. The highest BCUT2D eigenvalue weighted by atomic mass is 28.4. The maximum Gasteiger partial charge on any atom is 0.376 e. The van der Waals surface area contributed by atoms with E-state index in [1.165, 1.54) is 18.0 Å². The summed E-state index contributed by atoms with van der Waals surface area (Å²) in [4.78, 5) is 0. The quantitative estimate of drug-likeness (QED) is 0.609. The highest BCUT2D eigenvalue weighted by Crippen LogP contribution is 2.52. The second-order valence-corrected chi connectivity index (χ2v) is 9.20. The number of fused-ring (bicyclic) bond motifs is 2. The fourth-order valence-electron chi connectivity index (χ4n) is 4.03. The molecule has 4 rings (SSSR count). The van der Waals surface area contributed by atoms with Crippen LogP contribution in [0.15, 0.2) is 42.5 Å². The fourth-order valence-corrected chi connectivity index (χ4v) is 8.28. The zero-order chi connectivity index (χ0) is 12.7. The Morgan fingerprint density at radius 3 is 2.37 bits per heavy atom. The first-order valence-electron chi connectivity index (χ1n) is 7.40. The second kappa shape index (κ2) is 4.58. The average molecular weight is 272 g/mol. The van der Waals surface area contributed by atoms with E-state index in [0.717, 1.165) is 25.6 Å². The Morgan fingerprint density at radius 1 is 0.947 bits per heavy atom. The van der Waals surface area contributed by atoms with Crippen LogP contribution in [0.5, 0.6) is 0 Å². The summed E-state index contributed by atoms with van der Waals surface area (Å²) in [6, 6.07) is 10.7. The molecule has 1 aromatic rings. The van der Waals surface area contributed by atoms with Gasteiger partial charge in [-0.15, -0.1) is 0 Å². The van der Waals surface area contributed by atoms with Gasteiger partial charge in [-0.1, -0.05) is 42.5 Å². The van der Waals surface area contributed by atoms with Crippen LogP contribution in [0.2, 0.25) is 5.54 Å². The summed E-state index contributed by atoms with van der Waals surface area (Å²) in [5.74, 6) is 1.46. The largest absolute Gasteiger partial charge is 0.391 e. The van der Waals surface area contributed by atoms with Crippen molar-refractivity contribution in [1.82, 2.24) is 0 Å². The van der Waals surface area contributed by atoms with Crippen LogP contribution in [0.25, 0.3) is 0 Å². The van der Waals surface area contributed by atoms with Gasteiger partial charge in [0.15, 0.2) is 0 Å². The van der Waals surface area contributed by atoms with Crippen molar-refractivity contribution in [1.29, 1.82) is 0 Å². The molecule has 1 heterocycles. The fraction of sp³-hybridized carbons (Fsp3) is 0.500. The Labute approximate surface area is 115 Å². The van der Waals surface area contributed by atoms with Crippen LogP contribution in [-0.2, 0) is 8.85 Å². The minimum absolute atomic E-state index is 0.616. The Morgan fingerprint density at radius 2 is 1.74 bits per heavy atom. The number of allylic oxidation sites excluding steroid dienone is 2. The monoisotopic (exact) mass is 272 g/mol. The maximum atomic E-state index is 6.37. The van der Waals surface area contributed by atoms with E-state index in [0.29, 0.717) is 11.5 Å². The minimum Gasteiger partial charge on any atom is -0.391 e. The van der Waals surface area contributed by atoms with Gasteiger partial charge in [0.25, 0.3) is 0 Å². The third-order valence-electron chi connectivity index (χ3n) is 4.86. The van der Waals surface area contributed by atoms with Gasteiger partial charge in [-0.2, -0.15) is 0 Å². The molecule has 3 aliphatic rings. The Hall–Kier alpha value is -0.903. The Balaban J connectivity index is 1.74. The zero-order valence-electron chi connectivity index (χ0n) is 11.1. The lowest BCUT2D eigenvalue weighted by atomic mass is 10.1. The number of hydrogen-bond donors (Lipinski definition) is 0. The summed E-state index contributed by atoms with van der Waals surface area (Å²) in [6.45, 7) is 1.75. The van der Waals surface area contributed by atoms with Crippen molar-refractivity contribution in [2.24, 2.45) is 11.8 Å². The van der Waals surface area contributed by atoms with E-state index in [4.69, 9.17) is 8.85 Å². The van der Waals surface area contributed by atoms with Crippen molar-refractivity contribution in [2.45, 2.75) is 24.8 Å². The van der Waals surface area contributed by atoms with E-state index in [1.807, 2.05) is 0 Å². The summed E-state index contributed by atoms with van der Waals surface area (Å²) in [5, 5.41) is 1.33. The lowest BCUT2D eigenvalue weighted by molar-refractivity contribution is 0.108. The van der Waals surface area contributed by atoms with Gasteiger partial charge in [-0.3, -0.25) is 0 Å². The van der Waals surface area contributed by atoms with E-state index < -0.39 is 8.56 Å². The van der Waals surface area contributed by atoms with Gasteiger partial charge in [-0.25, -0.2) is 0 Å². The smallest absolute Gasteiger partial charge is 0.376 e. The highest BCUT2D eigenvalue weighted by molar-refractivity contribution is 6.82. The van der Waals surface area contributed by atoms with Crippen molar-refractivity contribution in [2.75, 3.05) is 13.2 Å². The molecular weight excluding hydrogens is 252 g/mol. The third kappa shape index (κ3) is 1.83.